The maximum Gasteiger partial charge on any atom is 0.420 e. The van der Waals surface area contributed by atoms with Crippen molar-refractivity contribution in [3.8, 4) is 11.5 Å². The highest BCUT2D eigenvalue weighted by molar-refractivity contribution is 5.47. The van der Waals surface area contributed by atoms with Crippen LogP contribution in [0.15, 0.2) is 12.1 Å². The van der Waals surface area contributed by atoms with Gasteiger partial charge in [-0.05, 0) is 25.5 Å². The minimum atomic E-state index is -4.47. The summed E-state index contributed by atoms with van der Waals surface area (Å²) in [4.78, 5) is 0. The second-order valence-electron chi connectivity index (χ2n) is 3.07. The van der Waals surface area contributed by atoms with Crippen molar-refractivity contribution >= 4 is 0 Å². The van der Waals surface area contributed by atoms with E-state index in [9.17, 15) is 13.2 Å². The summed E-state index contributed by atoms with van der Waals surface area (Å²) in [5.74, 6) is -0.563. The van der Waals surface area contributed by atoms with E-state index in [0.29, 0.717) is 0 Å². The maximum atomic E-state index is 12.6. The fourth-order valence-electron chi connectivity index (χ4n) is 1.37. The van der Waals surface area contributed by atoms with Gasteiger partial charge in [0.25, 0.3) is 0 Å². The molecule has 1 rings (SSSR count). The minimum Gasteiger partial charge on any atom is -0.508 e. The normalized spacial score (nSPS) is 11.5. The van der Waals surface area contributed by atoms with Crippen LogP contribution in [0.4, 0.5) is 13.2 Å². The van der Waals surface area contributed by atoms with Crippen LogP contribution in [0.5, 0.6) is 11.5 Å². The highest BCUT2D eigenvalue weighted by Crippen LogP contribution is 2.40. The Balaban J connectivity index is 3.33. The maximum absolute atomic E-state index is 12.6. The molecule has 0 heterocycles. The first-order chi connectivity index (χ1) is 6.86. The van der Waals surface area contributed by atoms with Gasteiger partial charge in [-0.2, -0.15) is 13.2 Å². The van der Waals surface area contributed by atoms with E-state index in [2.05, 4.69) is 0 Å². The molecule has 0 amide bonds. The number of phenolic OH excluding ortho intramolecular Hbond substituents is 1. The Kier molecular flexibility index (Phi) is 3.12. The van der Waals surface area contributed by atoms with Crippen LogP contribution in [0.1, 0.15) is 18.1 Å². The Bertz CT molecular complexity index is 358. The number of hydrogen-bond donors (Lipinski definition) is 1. The van der Waals surface area contributed by atoms with Crippen LogP contribution < -0.4 is 4.74 Å². The summed E-state index contributed by atoms with van der Waals surface area (Å²) >= 11 is 0. The molecular weight excluding hydrogens is 209 g/mol. The third-order valence-corrected chi connectivity index (χ3v) is 1.87. The van der Waals surface area contributed by atoms with Crippen molar-refractivity contribution in [1.29, 1.82) is 0 Å². The molecule has 0 aromatic heterocycles. The molecule has 0 aliphatic rings. The fourth-order valence-corrected chi connectivity index (χ4v) is 1.37. The van der Waals surface area contributed by atoms with Gasteiger partial charge in [0.15, 0.2) is 0 Å². The number of phenols is 1. The van der Waals surface area contributed by atoms with Gasteiger partial charge in [-0.15, -0.1) is 0 Å². The predicted molar refractivity (Wildman–Crippen MR) is 49.0 cm³/mol. The number of hydrogen-bond acceptors (Lipinski definition) is 2. The monoisotopic (exact) mass is 220 g/mol. The summed E-state index contributed by atoms with van der Waals surface area (Å²) in [5, 5.41) is 9.16. The summed E-state index contributed by atoms with van der Waals surface area (Å²) in [6, 6.07) is 2.03. The highest BCUT2D eigenvalue weighted by Gasteiger charge is 2.36. The third-order valence-electron chi connectivity index (χ3n) is 1.87. The van der Waals surface area contributed by atoms with Crippen LogP contribution in [0, 0.1) is 6.92 Å². The number of aryl methyl sites for hydroxylation is 1. The molecule has 0 saturated carbocycles. The lowest BCUT2D eigenvalue weighted by Crippen LogP contribution is -2.10. The summed E-state index contributed by atoms with van der Waals surface area (Å²) < 4.78 is 42.7. The van der Waals surface area contributed by atoms with Gasteiger partial charge in [-0.3, -0.25) is 0 Å². The Morgan fingerprint density at radius 2 is 1.93 bits per heavy atom. The number of alkyl halides is 3. The number of rotatable bonds is 2. The van der Waals surface area contributed by atoms with Gasteiger partial charge in [0.1, 0.15) is 17.1 Å². The van der Waals surface area contributed by atoms with Crippen molar-refractivity contribution < 1.29 is 23.0 Å². The molecule has 1 aromatic carbocycles. The van der Waals surface area contributed by atoms with Crippen molar-refractivity contribution in [3.05, 3.63) is 23.3 Å². The van der Waals surface area contributed by atoms with Crippen molar-refractivity contribution in [2.45, 2.75) is 20.0 Å². The van der Waals surface area contributed by atoms with E-state index < -0.39 is 11.7 Å². The molecule has 0 radical (unpaired) electrons. The van der Waals surface area contributed by atoms with E-state index in [1.54, 1.807) is 6.92 Å². The van der Waals surface area contributed by atoms with Gasteiger partial charge in [-0.25, -0.2) is 0 Å². The van der Waals surface area contributed by atoms with Crippen molar-refractivity contribution in [2.75, 3.05) is 6.61 Å². The molecule has 0 unspecified atom stereocenters. The molecule has 0 aliphatic carbocycles. The van der Waals surface area contributed by atoms with Crippen LogP contribution in [-0.2, 0) is 6.18 Å². The largest absolute Gasteiger partial charge is 0.508 e. The smallest absolute Gasteiger partial charge is 0.420 e. The lowest BCUT2D eigenvalue weighted by atomic mass is 10.1. The third kappa shape index (κ3) is 2.55. The van der Waals surface area contributed by atoms with Crippen LogP contribution in [0.25, 0.3) is 0 Å². The molecule has 5 heteroatoms. The topological polar surface area (TPSA) is 29.5 Å². The molecule has 84 valence electrons. The van der Waals surface area contributed by atoms with E-state index in [-0.39, 0.29) is 23.7 Å². The SMILES string of the molecule is CCOc1cc(O)cc(C)c1C(F)(F)F. The van der Waals surface area contributed by atoms with Gasteiger partial charge in [0, 0.05) is 6.07 Å². The standard InChI is InChI=1S/C10H11F3O2/c1-3-15-8-5-7(14)4-6(2)9(8)10(11,12)13/h4-5,14H,3H2,1-2H3. The zero-order valence-electron chi connectivity index (χ0n) is 8.35. The van der Waals surface area contributed by atoms with E-state index in [1.807, 2.05) is 0 Å². The van der Waals surface area contributed by atoms with Gasteiger partial charge >= 0.3 is 6.18 Å². The van der Waals surface area contributed by atoms with Crippen LogP contribution in [0.3, 0.4) is 0 Å². The molecule has 0 bridgehead atoms. The Morgan fingerprint density at radius 3 is 2.40 bits per heavy atom. The summed E-state index contributed by atoms with van der Waals surface area (Å²) in [5.41, 5.74) is -0.881. The fraction of sp³-hybridized carbons (Fsp3) is 0.400. The number of halogens is 3. The first-order valence-corrected chi connectivity index (χ1v) is 4.40. The Morgan fingerprint density at radius 1 is 1.33 bits per heavy atom. The molecule has 0 fully saturated rings. The quantitative estimate of drug-likeness (QED) is 0.829. The Labute approximate surface area is 85.3 Å². The molecule has 0 aliphatic heterocycles. The zero-order valence-corrected chi connectivity index (χ0v) is 8.35. The van der Waals surface area contributed by atoms with E-state index in [4.69, 9.17) is 9.84 Å². The lowest BCUT2D eigenvalue weighted by Gasteiger charge is -2.15. The first-order valence-electron chi connectivity index (χ1n) is 4.40. The minimum absolute atomic E-state index is 0.0500. The van der Waals surface area contributed by atoms with Gasteiger partial charge < -0.3 is 9.84 Å². The number of ether oxygens (including phenoxy) is 1. The molecule has 2 nitrogen and oxygen atoms in total. The van der Waals surface area contributed by atoms with Crippen LogP contribution in [0.2, 0.25) is 0 Å². The zero-order chi connectivity index (χ0) is 11.6. The molecule has 0 saturated heterocycles. The molecule has 0 spiro atoms. The van der Waals surface area contributed by atoms with Crippen molar-refractivity contribution in [3.63, 3.8) is 0 Å². The average molecular weight is 220 g/mol. The molecular formula is C10H11F3O2. The van der Waals surface area contributed by atoms with Gasteiger partial charge in [0.2, 0.25) is 0 Å². The number of aromatic hydroxyl groups is 1. The molecule has 1 aromatic rings. The average Bonchev–Trinajstić information content (AvgIpc) is 1.99. The molecule has 1 N–H and O–H groups in total. The summed E-state index contributed by atoms with van der Waals surface area (Å²) in [6.07, 6.45) is -4.47. The van der Waals surface area contributed by atoms with E-state index in [1.165, 1.54) is 6.92 Å². The van der Waals surface area contributed by atoms with Crippen molar-refractivity contribution in [1.82, 2.24) is 0 Å². The summed E-state index contributed by atoms with van der Waals surface area (Å²) in [7, 11) is 0. The second-order valence-corrected chi connectivity index (χ2v) is 3.07. The van der Waals surface area contributed by atoms with Crippen LogP contribution >= 0.6 is 0 Å². The second kappa shape index (κ2) is 4.00. The Hall–Kier alpha value is -1.39. The van der Waals surface area contributed by atoms with Crippen LogP contribution in [-0.4, -0.2) is 11.7 Å². The predicted octanol–water partition coefficient (Wildman–Crippen LogP) is 3.12. The highest BCUT2D eigenvalue weighted by atomic mass is 19.4. The van der Waals surface area contributed by atoms with Crippen molar-refractivity contribution in [2.24, 2.45) is 0 Å². The lowest BCUT2D eigenvalue weighted by molar-refractivity contribution is -0.139. The van der Waals surface area contributed by atoms with E-state index >= 15 is 0 Å². The number of benzene rings is 1. The molecule has 15 heavy (non-hydrogen) atoms. The van der Waals surface area contributed by atoms with Gasteiger partial charge in [-0.1, -0.05) is 0 Å². The van der Waals surface area contributed by atoms with Gasteiger partial charge in [0.05, 0.1) is 6.61 Å². The first kappa shape index (κ1) is 11.7. The van der Waals surface area contributed by atoms with E-state index in [0.717, 1.165) is 12.1 Å². The molecule has 0 atom stereocenters. The summed E-state index contributed by atoms with van der Waals surface area (Å²) in [6.45, 7) is 2.98.